The zero-order valence-corrected chi connectivity index (χ0v) is 16.7. The van der Waals surface area contributed by atoms with Crippen molar-refractivity contribution in [3.63, 3.8) is 0 Å². The molecule has 2 aromatic carbocycles. The van der Waals surface area contributed by atoms with E-state index in [1.54, 1.807) is 43.0 Å². The van der Waals surface area contributed by atoms with Gasteiger partial charge in [-0.3, -0.25) is 14.5 Å². The molecule has 3 heterocycles. The lowest BCUT2D eigenvalue weighted by atomic mass is 9.98. The molecule has 0 saturated heterocycles. The highest BCUT2D eigenvalue weighted by Gasteiger charge is 2.45. The molecule has 29 heavy (non-hydrogen) atoms. The first-order valence-corrected chi connectivity index (χ1v) is 9.98. The quantitative estimate of drug-likeness (QED) is 0.478. The normalized spacial score (nSPS) is 15.7. The molecule has 0 fully saturated rings. The smallest absolute Gasteiger partial charge is 0.297 e. The van der Waals surface area contributed by atoms with Crippen molar-refractivity contribution in [1.82, 2.24) is 4.98 Å². The lowest BCUT2D eigenvalue weighted by Crippen LogP contribution is -2.29. The van der Waals surface area contributed by atoms with Gasteiger partial charge in [0.2, 0.25) is 5.76 Å². The number of thiazole rings is 1. The number of anilines is 1. The molecule has 8 heteroatoms. The summed E-state index contributed by atoms with van der Waals surface area (Å²) in [5.74, 6) is 0.154. The standard InChI is InChI=1S/C21H13ClN2O4S/c1-27-14-5-3-2-4-12(14)17-16-18(25)13-10-11(22)6-7-15(13)28-19(16)20(26)24(17)21-23-8-9-29-21/h2-10,17H,1H3/t17-/m0/s1. The maximum atomic E-state index is 13.5. The van der Waals surface area contributed by atoms with Crippen molar-refractivity contribution < 1.29 is 13.9 Å². The second-order valence-electron chi connectivity index (χ2n) is 6.45. The number of methoxy groups -OCH3 is 1. The molecule has 0 radical (unpaired) electrons. The van der Waals surface area contributed by atoms with Crippen LogP contribution in [0.3, 0.4) is 0 Å². The molecule has 1 amide bonds. The molecule has 2 aromatic heterocycles. The fourth-order valence-electron chi connectivity index (χ4n) is 3.66. The molecule has 1 atom stereocenters. The predicted octanol–water partition coefficient (Wildman–Crippen LogP) is 4.66. The van der Waals surface area contributed by atoms with Gasteiger partial charge in [0, 0.05) is 22.2 Å². The van der Waals surface area contributed by atoms with E-state index in [1.165, 1.54) is 16.2 Å². The number of benzene rings is 2. The average molecular weight is 425 g/mol. The van der Waals surface area contributed by atoms with Crippen LogP contribution >= 0.6 is 22.9 Å². The fourth-order valence-corrected chi connectivity index (χ4v) is 4.50. The molecule has 0 saturated carbocycles. The summed E-state index contributed by atoms with van der Waals surface area (Å²) in [6, 6.07) is 11.3. The van der Waals surface area contributed by atoms with Crippen LogP contribution in [0.4, 0.5) is 5.13 Å². The van der Waals surface area contributed by atoms with Gasteiger partial charge < -0.3 is 9.15 Å². The predicted molar refractivity (Wildman–Crippen MR) is 111 cm³/mol. The van der Waals surface area contributed by atoms with Gasteiger partial charge in [0.05, 0.1) is 18.1 Å². The SMILES string of the molecule is COc1ccccc1[C@H]1c2c(oc3ccc(Cl)cc3c2=O)C(=O)N1c1nccs1. The summed E-state index contributed by atoms with van der Waals surface area (Å²) in [5.41, 5.74) is 0.939. The number of amides is 1. The minimum Gasteiger partial charge on any atom is -0.496 e. The zero-order chi connectivity index (χ0) is 20.1. The molecule has 0 spiro atoms. The van der Waals surface area contributed by atoms with Crippen LogP contribution in [0, 0.1) is 0 Å². The molecule has 0 bridgehead atoms. The number of fused-ring (bicyclic) bond motifs is 2. The van der Waals surface area contributed by atoms with E-state index in [0.717, 1.165) is 0 Å². The Balaban J connectivity index is 1.86. The molecule has 0 N–H and O–H groups in total. The molecule has 1 aliphatic heterocycles. The number of rotatable bonds is 3. The number of nitrogens with zero attached hydrogens (tertiary/aromatic N) is 2. The van der Waals surface area contributed by atoms with Crippen LogP contribution in [0.5, 0.6) is 5.75 Å². The van der Waals surface area contributed by atoms with Gasteiger partial charge in [0.1, 0.15) is 17.4 Å². The van der Waals surface area contributed by atoms with Crippen molar-refractivity contribution in [2.24, 2.45) is 0 Å². The Morgan fingerprint density at radius 1 is 1.21 bits per heavy atom. The van der Waals surface area contributed by atoms with Gasteiger partial charge in [0.25, 0.3) is 5.91 Å². The van der Waals surface area contributed by atoms with Gasteiger partial charge in [-0.05, 0) is 24.3 Å². The Bertz CT molecular complexity index is 1320. The lowest BCUT2D eigenvalue weighted by Gasteiger charge is -2.24. The van der Waals surface area contributed by atoms with Gasteiger partial charge in [-0.25, -0.2) is 4.98 Å². The monoisotopic (exact) mass is 424 g/mol. The number of halogens is 1. The second kappa shape index (κ2) is 6.72. The Hall–Kier alpha value is -3.16. The van der Waals surface area contributed by atoms with Crippen LogP contribution in [0.2, 0.25) is 5.02 Å². The van der Waals surface area contributed by atoms with Crippen LogP contribution in [0.1, 0.15) is 27.7 Å². The number of hydrogen-bond acceptors (Lipinski definition) is 6. The second-order valence-corrected chi connectivity index (χ2v) is 7.76. The van der Waals surface area contributed by atoms with E-state index in [9.17, 15) is 9.59 Å². The van der Waals surface area contributed by atoms with Crippen LogP contribution in [0.15, 0.2) is 63.3 Å². The Kier molecular flexibility index (Phi) is 4.15. The van der Waals surface area contributed by atoms with E-state index < -0.39 is 11.9 Å². The van der Waals surface area contributed by atoms with Crippen molar-refractivity contribution >= 4 is 44.9 Å². The summed E-state index contributed by atoms with van der Waals surface area (Å²) < 4.78 is 11.4. The number of carbonyl (C=O) groups is 1. The van der Waals surface area contributed by atoms with E-state index >= 15 is 0 Å². The van der Waals surface area contributed by atoms with Crippen molar-refractivity contribution in [3.8, 4) is 5.75 Å². The molecule has 6 nitrogen and oxygen atoms in total. The number of hydrogen-bond donors (Lipinski definition) is 0. The molecular weight excluding hydrogens is 412 g/mol. The Morgan fingerprint density at radius 2 is 2.03 bits per heavy atom. The van der Waals surface area contributed by atoms with E-state index in [4.69, 9.17) is 20.8 Å². The van der Waals surface area contributed by atoms with Crippen molar-refractivity contribution in [2.75, 3.05) is 12.0 Å². The number of carbonyl (C=O) groups excluding carboxylic acids is 1. The van der Waals surface area contributed by atoms with Gasteiger partial charge in [-0.1, -0.05) is 29.8 Å². The topological polar surface area (TPSA) is 72.6 Å². The molecule has 5 rings (SSSR count). The van der Waals surface area contributed by atoms with Crippen LogP contribution < -0.4 is 15.1 Å². The highest BCUT2D eigenvalue weighted by molar-refractivity contribution is 7.13. The van der Waals surface area contributed by atoms with E-state index in [1.807, 2.05) is 18.2 Å². The summed E-state index contributed by atoms with van der Waals surface area (Å²) in [4.78, 5) is 32.6. The van der Waals surface area contributed by atoms with Gasteiger partial charge in [-0.15, -0.1) is 11.3 Å². The van der Waals surface area contributed by atoms with E-state index in [-0.39, 0.29) is 16.8 Å². The molecule has 0 aliphatic carbocycles. The summed E-state index contributed by atoms with van der Waals surface area (Å²) in [5, 5.41) is 2.99. The molecule has 144 valence electrons. The molecule has 1 aliphatic rings. The Morgan fingerprint density at radius 3 is 2.79 bits per heavy atom. The first-order valence-electron chi connectivity index (χ1n) is 8.72. The highest BCUT2D eigenvalue weighted by atomic mass is 35.5. The van der Waals surface area contributed by atoms with Crippen LogP contribution in [0.25, 0.3) is 11.0 Å². The van der Waals surface area contributed by atoms with E-state index in [0.29, 0.717) is 32.4 Å². The average Bonchev–Trinajstić information content (AvgIpc) is 3.35. The third kappa shape index (κ3) is 2.66. The maximum Gasteiger partial charge on any atom is 0.297 e. The van der Waals surface area contributed by atoms with Gasteiger partial charge in [0.15, 0.2) is 10.6 Å². The first-order chi connectivity index (χ1) is 14.1. The van der Waals surface area contributed by atoms with E-state index in [2.05, 4.69) is 4.98 Å². The Labute approximate surface area is 173 Å². The van der Waals surface area contributed by atoms with Crippen LogP contribution in [-0.4, -0.2) is 18.0 Å². The lowest BCUT2D eigenvalue weighted by molar-refractivity contribution is 0.0971. The minimum atomic E-state index is -0.723. The fraction of sp³-hybridized carbons (Fsp3) is 0.0952. The molecular formula is C21H13ClN2O4S. The minimum absolute atomic E-state index is 0.0101. The molecule has 4 aromatic rings. The van der Waals surface area contributed by atoms with Gasteiger partial charge >= 0.3 is 0 Å². The van der Waals surface area contributed by atoms with Crippen molar-refractivity contribution in [3.05, 3.63) is 86.2 Å². The number of ether oxygens (including phenoxy) is 1. The van der Waals surface area contributed by atoms with Crippen LogP contribution in [-0.2, 0) is 0 Å². The third-order valence-corrected chi connectivity index (χ3v) is 5.90. The summed E-state index contributed by atoms with van der Waals surface area (Å²) in [6.45, 7) is 0. The molecule has 0 unspecified atom stereocenters. The summed E-state index contributed by atoms with van der Waals surface area (Å²) in [7, 11) is 1.55. The largest absolute Gasteiger partial charge is 0.496 e. The van der Waals surface area contributed by atoms with Crippen molar-refractivity contribution in [1.29, 1.82) is 0 Å². The van der Waals surface area contributed by atoms with Gasteiger partial charge in [-0.2, -0.15) is 0 Å². The highest BCUT2D eigenvalue weighted by Crippen LogP contribution is 2.44. The first kappa shape index (κ1) is 17.9. The summed E-state index contributed by atoms with van der Waals surface area (Å²) >= 11 is 7.40. The maximum absolute atomic E-state index is 13.5. The summed E-state index contributed by atoms with van der Waals surface area (Å²) in [6.07, 6.45) is 1.61. The number of para-hydroxylation sites is 1. The zero-order valence-electron chi connectivity index (χ0n) is 15.1. The number of aromatic nitrogens is 1. The van der Waals surface area contributed by atoms with Crippen molar-refractivity contribution in [2.45, 2.75) is 6.04 Å². The third-order valence-electron chi connectivity index (χ3n) is 4.89.